The van der Waals surface area contributed by atoms with Gasteiger partial charge in [0.2, 0.25) is 0 Å². The first kappa shape index (κ1) is 22.9. The highest BCUT2D eigenvalue weighted by atomic mass is 16.5. The molecule has 0 spiro atoms. The fourth-order valence-electron chi connectivity index (χ4n) is 4.38. The zero-order valence-electron chi connectivity index (χ0n) is 20.1. The van der Waals surface area contributed by atoms with Crippen molar-refractivity contribution in [3.63, 3.8) is 0 Å². The van der Waals surface area contributed by atoms with Crippen LogP contribution in [0.1, 0.15) is 40.2 Å². The van der Waals surface area contributed by atoms with Gasteiger partial charge in [-0.2, -0.15) is 0 Å². The van der Waals surface area contributed by atoms with Gasteiger partial charge in [-0.1, -0.05) is 12.1 Å². The monoisotopic (exact) mass is 470 g/mol. The maximum atomic E-state index is 11.8. The molecule has 0 atom stereocenters. The molecule has 0 aliphatic heterocycles. The Bertz CT molecular complexity index is 1360. The van der Waals surface area contributed by atoms with Crippen LogP contribution in [0, 0.1) is 0 Å². The average Bonchev–Trinajstić information content (AvgIpc) is 3.64. The van der Waals surface area contributed by atoms with Crippen LogP contribution in [-0.4, -0.2) is 47.9 Å². The van der Waals surface area contributed by atoms with Gasteiger partial charge in [0.1, 0.15) is 11.4 Å². The number of hydrogen-bond donors (Lipinski definition) is 2. The van der Waals surface area contributed by atoms with Crippen molar-refractivity contribution in [2.24, 2.45) is 0 Å². The normalized spacial score (nSPS) is 13.2. The molecule has 0 saturated heterocycles. The summed E-state index contributed by atoms with van der Waals surface area (Å²) < 4.78 is 7.42. The van der Waals surface area contributed by atoms with E-state index in [2.05, 4.69) is 69.4 Å². The molecule has 2 aromatic heterocycles. The highest BCUT2D eigenvalue weighted by molar-refractivity contribution is 5.95. The van der Waals surface area contributed by atoms with Crippen LogP contribution in [0.5, 0.6) is 0 Å². The molecular formula is C28H30N4O3. The summed E-state index contributed by atoms with van der Waals surface area (Å²) in [7, 11) is 3.79. The van der Waals surface area contributed by atoms with Crippen molar-refractivity contribution in [1.82, 2.24) is 9.55 Å². The molecule has 0 radical (unpaired) electrons. The van der Waals surface area contributed by atoms with Crippen molar-refractivity contribution in [2.75, 3.05) is 37.5 Å². The Kier molecular flexibility index (Phi) is 6.42. The zero-order valence-corrected chi connectivity index (χ0v) is 20.1. The quantitative estimate of drug-likeness (QED) is 0.319. The predicted octanol–water partition coefficient (Wildman–Crippen LogP) is 5.49. The van der Waals surface area contributed by atoms with Gasteiger partial charge in [0.05, 0.1) is 6.61 Å². The van der Waals surface area contributed by atoms with Crippen molar-refractivity contribution in [3.05, 3.63) is 83.7 Å². The number of ether oxygens (including phenoxy) is 1. The Hall–Kier alpha value is -3.84. The maximum absolute atomic E-state index is 11.8. The van der Waals surface area contributed by atoms with E-state index in [9.17, 15) is 9.90 Å². The summed E-state index contributed by atoms with van der Waals surface area (Å²) in [6.45, 7) is 2.28. The number of anilines is 3. The number of benzene rings is 2. The minimum Gasteiger partial charge on any atom is -0.478 e. The topological polar surface area (TPSA) is 79.6 Å². The third kappa shape index (κ3) is 5.15. The molecule has 0 unspecified atom stereocenters. The van der Waals surface area contributed by atoms with E-state index in [0.29, 0.717) is 18.3 Å². The molecule has 4 aromatic rings. The van der Waals surface area contributed by atoms with Crippen LogP contribution in [0.15, 0.2) is 67.0 Å². The lowest BCUT2D eigenvalue weighted by molar-refractivity contribution is 0.0697. The molecule has 0 amide bonds. The number of nitrogens with one attached hydrogen (secondary N) is 1. The van der Waals surface area contributed by atoms with Gasteiger partial charge >= 0.3 is 5.97 Å². The van der Waals surface area contributed by atoms with Crippen LogP contribution in [-0.2, 0) is 11.3 Å². The molecule has 1 aliphatic rings. The second-order valence-electron chi connectivity index (χ2n) is 9.17. The number of aromatic carboxylic acids is 1. The molecule has 1 aliphatic carbocycles. The van der Waals surface area contributed by atoms with Gasteiger partial charge in [-0.15, -0.1) is 0 Å². The van der Waals surface area contributed by atoms with E-state index in [1.54, 1.807) is 19.4 Å². The Morgan fingerprint density at radius 2 is 2.06 bits per heavy atom. The summed E-state index contributed by atoms with van der Waals surface area (Å²) in [6.07, 6.45) is 6.09. The number of nitrogens with zero attached hydrogens (tertiary/aromatic N) is 3. The van der Waals surface area contributed by atoms with Gasteiger partial charge in [0.25, 0.3) is 0 Å². The average molecular weight is 471 g/mol. The molecule has 7 nitrogen and oxygen atoms in total. The predicted molar refractivity (Wildman–Crippen MR) is 139 cm³/mol. The Labute approximate surface area is 205 Å². The van der Waals surface area contributed by atoms with E-state index in [4.69, 9.17) is 4.74 Å². The summed E-state index contributed by atoms with van der Waals surface area (Å²) in [6, 6.07) is 18.4. The summed E-state index contributed by atoms with van der Waals surface area (Å²) in [4.78, 5) is 18.4. The molecule has 180 valence electrons. The van der Waals surface area contributed by atoms with Crippen LogP contribution in [0.2, 0.25) is 0 Å². The largest absolute Gasteiger partial charge is 0.478 e. The number of pyridine rings is 1. The van der Waals surface area contributed by atoms with Crippen LogP contribution in [0.25, 0.3) is 10.9 Å². The van der Waals surface area contributed by atoms with Gasteiger partial charge in [-0.05, 0) is 72.4 Å². The fourth-order valence-corrected chi connectivity index (χ4v) is 4.38. The number of likely N-dealkylation sites (N-methyl/N-ethyl adjacent to an activating group) is 1. The third-order valence-corrected chi connectivity index (χ3v) is 6.56. The first-order valence-corrected chi connectivity index (χ1v) is 11.9. The maximum Gasteiger partial charge on any atom is 0.339 e. The molecule has 2 heterocycles. The number of carbonyl (C=O) groups is 1. The van der Waals surface area contributed by atoms with E-state index in [0.717, 1.165) is 53.8 Å². The van der Waals surface area contributed by atoms with Crippen molar-refractivity contribution in [3.8, 4) is 0 Å². The molecule has 0 bridgehead atoms. The lowest BCUT2D eigenvalue weighted by Crippen LogP contribution is -2.22. The number of hydrogen-bond acceptors (Lipinski definition) is 5. The van der Waals surface area contributed by atoms with E-state index in [1.165, 1.54) is 5.56 Å². The third-order valence-electron chi connectivity index (χ3n) is 6.56. The summed E-state index contributed by atoms with van der Waals surface area (Å²) >= 11 is 0. The number of methoxy groups -OCH3 is 1. The summed E-state index contributed by atoms with van der Waals surface area (Å²) in [5.74, 6) is -0.142. The minimum absolute atomic E-state index is 0.211. The zero-order chi connectivity index (χ0) is 24.4. The molecule has 7 heteroatoms. The lowest BCUT2D eigenvalue weighted by Gasteiger charge is -2.19. The standard InChI is InChI=1S/C28H30N4O3/c1-31(12-13-35-2)24-5-3-4-19(14-24)18-32-11-10-21-15-23(8-9-26(21)32)30-27-25(28(33)34)16-22(17-29-27)20-6-7-20/h3-5,8-11,14-17,20H,6-7,12-13,18H2,1-2H3,(H,29,30)(H,33,34). The number of aromatic nitrogens is 2. The van der Waals surface area contributed by atoms with Gasteiger partial charge in [0, 0.05) is 61.9 Å². The highest BCUT2D eigenvalue weighted by Gasteiger charge is 2.26. The molecule has 1 fully saturated rings. The van der Waals surface area contributed by atoms with Crippen LogP contribution >= 0.6 is 0 Å². The van der Waals surface area contributed by atoms with Crippen molar-refractivity contribution in [2.45, 2.75) is 25.3 Å². The first-order chi connectivity index (χ1) is 17.0. The SMILES string of the molecule is COCCN(C)c1cccc(Cn2ccc3cc(Nc4ncc(C5CC5)cc4C(=O)O)ccc32)c1. The number of carboxylic acids is 1. The van der Waals surface area contributed by atoms with E-state index in [-0.39, 0.29) is 5.56 Å². The van der Waals surface area contributed by atoms with Crippen molar-refractivity contribution < 1.29 is 14.6 Å². The molecule has 2 aromatic carbocycles. The highest BCUT2D eigenvalue weighted by Crippen LogP contribution is 2.40. The van der Waals surface area contributed by atoms with Crippen LogP contribution in [0.4, 0.5) is 17.2 Å². The molecule has 2 N–H and O–H groups in total. The molecule has 1 saturated carbocycles. The van der Waals surface area contributed by atoms with Gasteiger partial charge < -0.3 is 24.6 Å². The van der Waals surface area contributed by atoms with Crippen LogP contribution in [0.3, 0.4) is 0 Å². The smallest absolute Gasteiger partial charge is 0.339 e. The lowest BCUT2D eigenvalue weighted by atomic mass is 10.1. The first-order valence-electron chi connectivity index (χ1n) is 11.9. The van der Waals surface area contributed by atoms with Crippen molar-refractivity contribution in [1.29, 1.82) is 0 Å². The molecule has 5 rings (SSSR count). The van der Waals surface area contributed by atoms with Crippen LogP contribution < -0.4 is 10.2 Å². The number of fused-ring (bicyclic) bond motifs is 1. The van der Waals surface area contributed by atoms with E-state index < -0.39 is 5.97 Å². The summed E-state index contributed by atoms with van der Waals surface area (Å²) in [5, 5.41) is 14.0. The molecule has 35 heavy (non-hydrogen) atoms. The Morgan fingerprint density at radius 3 is 2.83 bits per heavy atom. The van der Waals surface area contributed by atoms with Gasteiger partial charge in [-0.25, -0.2) is 9.78 Å². The van der Waals surface area contributed by atoms with Gasteiger partial charge in [-0.3, -0.25) is 0 Å². The van der Waals surface area contributed by atoms with E-state index in [1.807, 2.05) is 12.1 Å². The molecular weight excluding hydrogens is 440 g/mol. The Morgan fingerprint density at radius 1 is 1.20 bits per heavy atom. The number of rotatable bonds is 10. The summed E-state index contributed by atoms with van der Waals surface area (Å²) in [5.41, 5.74) is 5.53. The second-order valence-corrected chi connectivity index (χ2v) is 9.17. The Balaban J connectivity index is 1.34. The second kappa shape index (κ2) is 9.80. The van der Waals surface area contributed by atoms with Crippen molar-refractivity contribution >= 4 is 34.1 Å². The minimum atomic E-state index is -0.968. The van der Waals surface area contributed by atoms with Gasteiger partial charge in [0.15, 0.2) is 0 Å². The fraction of sp³-hybridized carbons (Fsp3) is 0.286. The number of carboxylic acid groups (broad SMARTS) is 1. The van der Waals surface area contributed by atoms with E-state index >= 15 is 0 Å².